The van der Waals surface area contributed by atoms with Crippen LogP contribution < -0.4 is 31.9 Å². The molecule has 0 saturated heterocycles. The Morgan fingerprint density at radius 1 is 0.362 bits per heavy atom. The Balaban J connectivity index is 2.25. The van der Waals surface area contributed by atoms with Crippen LogP contribution in [-0.2, 0) is 43.0 Å². The normalized spacial score (nSPS) is 11.9. The van der Waals surface area contributed by atoms with Gasteiger partial charge in [-0.1, -0.05) is 0 Å². The van der Waals surface area contributed by atoms with E-state index in [0.29, 0.717) is 0 Å². The molecule has 518 valence electrons. The van der Waals surface area contributed by atoms with E-state index in [-0.39, 0.29) is 122 Å². The Morgan fingerprint density at radius 2 is 0.574 bits per heavy atom. The minimum Gasteiger partial charge on any atom is -0.456 e. The first kappa shape index (κ1) is 85.8. The summed E-state index contributed by atoms with van der Waals surface area (Å²) in [5.74, 6) is -9.06. The van der Waals surface area contributed by atoms with E-state index in [0.717, 1.165) is 20.8 Å². The number of anilines is 3. The molecule has 3 atom stereocenters. The van der Waals surface area contributed by atoms with E-state index in [1.54, 1.807) is 72.7 Å². The third-order valence-corrected chi connectivity index (χ3v) is 22.4. The summed E-state index contributed by atoms with van der Waals surface area (Å²) >= 11 is 16.3. The second kappa shape index (κ2) is 41.4. The van der Waals surface area contributed by atoms with Gasteiger partial charge in [-0.3, -0.25) is 62.4 Å². The van der Waals surface area contributed by atoms with Crippen LogP contribution in [0.4, 0.5) is 17.1 Å². The van der Waals surface area contributed by atoms with Crippen molar-refractivity contribution >= 4 is 291 Å². The fraction of sp³-hybridized carbons (Fsp3) is 0.444. The second-order valence-electron chi connectivity index (χ2n) is 19.8. The molecule has 0 saturated carbocycles. The summed E-state index contributed by atoms with van der Waals surface area (Å²) < 4.78 is 16.0. The van der Waals surface area contributed by atoms with Crippen LogP contribution >= 0.6 is 203 Å². The highest BCUT2D eigenvalue weighted by Crippen LogP contribution is 2.39. The Hall–Kier alpha value is -2.41. The lowest BCUT2D eigenvalue weighted by atomic mass is 10.1. The van der Waals surface area contributed by atoms with Crippen molar-refractivity contribution in [3.63, 3.8) is 0 Å². The standard InChI is InChI=1S/C54H63I9N10O21/c1-22(77)92-19-28(83)67-46-40(58)31(49(86)64-13-25(80)16-74)37(55)34(43(46)61)52(89)70(4)7-10-73(11-8-71(5)53(90)35-38(56)32(50(87)65-14-26(81)17-75)41(59)47(44(35)62)68-29(84)20-93-23(2)78)12-9-72(6)54(91)36-39(57)33(51(88)66-15-27(82)18-76)42(60)48(45(36)63)69-30(85)21-94-24(3)79/h25-27,74-76,80-82H,7-21H2,1-6H3,(H,64,86)(H,65,87)(H,66,88)(H,67,83)(H,68,84)(H,69,85). The summed E-state index contributed by atoms with van der Waals surface area (Å²) in [6.07, 6.45) is -4.04. The smallest absolute Gasteiger partial charge is 0.303 e. The maximum absolute atomic E-state index is 14.9. The number of halogens is 9. The molecule has 12 N–H and O–H groups in total. The van der Waals surface area contributed by atoms with Crippen LogP contribution in [0.25, 0.3) is 0 Å². The molecule has 0 heterocycles. The highest BCUT2D eigenvalue weighted by Gasteiger charge is 2.35. The molecule has 3 unspecified atom stereocenters. The molecule has 3 aromatic rings. The van der Waals surface area contributed by atoms with Gasteiger partial charge in [-0.15, -0.1) is 0 Å². The Morgan fingerprint density at radius 3 is 0.777 bits per heavy atom. The van der Waals surface area contributed by atoms with E-state index in [1.807, 2.05) is 136 Å². The fourth-order valence-electron chi connectivity index (χ4n) is 7.69. The molecule has 0 spiro atoms. The van der Waals surface area contributed by atoms with E-state index < -0.39 is 149 Å². The number of carbonyl (C=O) groups excluding carboxylic acids is 12. The average Bonchev–Trinajstić information content (AvgIpc) is 0.782. The van der Waals surface area contributed by atoms with Gasteiger partial charge in [-0.2, -0.15) is 0 Å². The number of hydrogen-bond donors (Lipinski definition) is 12. The van der Waals surface area contributed by atoms with Crippen molar-refractivity contribution in [2.45, 2.75) is 39.1 Å². The maximum Gasteiger partial charge on any atom is 0.303 e. The molecule has 0 bridgehead atoms. The van der Waals surface area contributed by atoms with Crippen molar-refractivity contribution in [2.75, 3.05) is 136 Å². The Kier molecular flexibility index (Phi) is 37.8. The van der Waals surface area contributed by atoms with Gasteiger partial charge in [0.05, 0.1) is 110 Å². The van der Waals surface area contributed by atoms with Crippen molar-refractivity contribution in [3.8, 4) is 0 Å². The number of carbonyl (C=O) groups is 12. The second-order valence-corrected chi connectivity index (χ2v) is 29.6. The third kappa shape index (κ3) is 24.7. The number of nitrogens with zero attached hydrogens (tertiary/aromatic N) is 4. The van der Waals surface area contributed by atoms with Gasteiger partial charge < -0.3 is 91.5 Å². The van der Waals surface area contributed by atoms with Crippen LogP contribution in [0.5, 0.6) is 0 Å². The molecule has 0 radical (unpaired) electrons. The summed E-state index contributed by atoms with van der Waals surface area (Å²) in [7, 11) is 4.36. The number of likely N-dealkylation sites (N-methyl/N-ethyl adjacent to an activating group) is 3. The molecule has 3 rings (SSSR count). The topological polar surface area (TPSA) is 439 Å². The van der Waals surface area contributed by atoms with Crippen molar-refractivity contribution in [3.05, 3.63) is 65.5 Å². The molecular formula is C54H63I9N10O21. The molecule has 94 heavy (non-hydrogen) atoms. The Bertz CT molecular complexity index is 3080. The summed E-state index contributed by atoms with van der Waals surface area (Å²) in [5, 5.41) is 74.0. The fourth-order valence-corrected chi connectivity index (χ4v) is 20.8. The molecule has 40 heteroatoms. The van der Waals surface area contributed by atoms with Crippen molar-refractivity contribution < 1.29 is 102 Å². The van der Waals surface area contributed by atoms with Crippen LogP contribution in [0.1, 0.15) is 82.9 Å². The highest BCUT2D eigenvalue weighted by molar-refractivity contribution is 14.1. The first-order chi connectivity index (χ1) is 44.0. The van der Waals surface area contributed by atoms with Crippen LogP contribution in [0.15, 0.2) is 0 Å². The molecule has 0 aromatic heterocycles. The molecule has 0 fully saturated rings. The van der Waals surface area contributed by atoms with Gasteiger partial charge >= 0.3 is 17.9 Å². The lowest BCUT2D eigenvalue weighted by Gasteiger charge is -2.30. The number of hydrogen-bond acceptors (Lipinski definition) is 22. The number of benzene rings is 3. The minimum atomic E-state index is -1.35. The number of nitrogens with one attached hydrogen (secondary N) is 6. The zero-order valence-electron chi connectivity index (χ0n) is 50.3. The van der Waals surface area contributed by atoms with Gasteiger partial charge in [0.2, 0.25) is 0 Å². The molecule has 0 aliphatic carbocycles. The lowest BCUT2D eigenvalue weighted by molar-refractivity contribution is -0.145. The number of aliphatic hydroxyl groups is 6. The highest BCUT2D eigenvalue weighted by atomic mass is 127. The van der Waals surface area contributed by atoms with Crippen molar-refractivity contribution in [1.82, 2.24) is 35.6 Å². The lowest BCUT2D eigenvalue weighted by Crippen LogP contribution is -2.44. The predicted octanol–water partition coefficient (Wildman–Crippen LogP) is 1.80. The van der Waals surface area contributed by atoms with E-state index >= 15 is 0 Å². The van der Waals surface area contributed by atoms with Gasteiger partial charge in [0, 0.05) is 112 Å². The quantitative estimate of drug-likeness (QED) is 0.0235. The number of rotatable bonds is 33. The van der Waals surface area contributed by atoms with Crippen LogP contribution in [0.2, 0.25) is 0 Å². The molecular weight excluding hydrogens is 2270 g/mol. The average molecular weight is 2330 g/mol. The van der Waals surface area contributed by atoms with Crippen molar-refractivity contribution in [1.29, 1.82) is 0 Å². The summed E-state index contributed by atoms with van der Waals surface area (Å²) in [4.78, 5) is 166. The maximum atomic E-state index is 14.9. The van der Waals surface area contributed by atoms with E-state index in [1.165, 1.54) is 35.8 Å². The zero-order chi connectivity index (χ0) is 71.3. The first-order valence-electron chi connectivity index (χ1n) is 27.1. The number of ether oxygens (including phenoxy) is 3. The van der Waals surface area contributed by atoms with Crippen LogP contribution in [0, 0.1) is 32.1 Å². The first-order valence-corrected chi connectivity index (χ1v) is 36.8. The minimum absolute atomic E-state index is 0.00907. The SMILES string of the molecule is CC(=O)OCC(=O)Nc1c(I)c(C(=O)NCC(O)CO)c(I)c(C(=O)N(C)CCN(CCN(C)C(=O)c2c(I)c(NC(=O)COC(C)=O)c(I)c(C(=O)NCC(O)CO)c2I)CCN(C)C(=O)c2c(I)c(NC(=O)COC(C)=O)c(I)c(C(=O)NCC(O)CO)c2I)c1I. The van der Waals surface area contributed by atoms with Crippen LogP contribution in [0.3, 0.4) is 0 Å². The monoisotopic (exact) mass is 2330 g/mol. The largest absolute Gasteiger partial charge is 0.456 e. The number of aliphatic hydroxyl groups excluding tert-OH is 6. The summed E-state index contributed by atoms with van der Waals surface area (Å²) in [6.45, 7) is -2.44. The third-order valence-electron chi connectivity index (χ3n) is 12.7. The van der Waals surface area contributed by atoms with E-state index in [4.69, 9.17) is 14.2 Å². The van der Waals surface area contributed by atoms with Gasteiger partial charge in [-0.25, -0.2) is 0 Å². The molecule has 31 nitrogen and oxygen atoms in total. The zero-order valence-corrected chi connectivity index (χ0v) is 69.8. The number of amides is 9. The summed E-state index contributed by atoms with van der Waals surface area (Å²) in [6, 6.07) is 0. The van der Waals surface area contributed by atoms with Crippen molar-refractivity contribution in [2.24, 2.45) is 0 Å². The van der Waals surface area contributed by atoms with Crippen LogP contribution in [-0.4, -0.2) is 259 Å². The van der Waals surface area contributed by atoms with E-state index in [9.17, 15) is 88.2 Å². The molecule has 0 aliphatic rings. The predicted molar refractivity (Wildman–Crippen MR) is 413 cm³/mol. The summed E-state index contributed by atoms with van der Waals surface area (Å²) in [5.41, 5.74) is -0.383. The molecule has 9 amide bonds. The van der Waals surface area contributed by atoms with Gasteiger partial charge in [0.15, 0.2) is 19.8 Å². The van der Waals surface area contributed by atoms with E-state index in [2.05, 4.69) is 31.9 Å². The van der Waals surface area contributed by atoms with Gasteiger partial charge in [-0.05, 0) is 203 Å². The van der Waals surface area contributed by atoms with Gasteiger partial charge in [0.1, 0.15) is 0 Å². The van der Waals surface area contributed by atoms with Gasteiger partial charge in [0.25, 0.3) is 53.2 Å². The molecule has 0 aliphatic heterocycles. The molecule has 3 aromatic carbocycles. The Labute approximate surface area is 660 Å². The number of esters is 3.